The third kappa shape index (κ3) is 7.92. The number of carboxylic acids is 1. The van der Waals surface area contributed by atoms with E-state index in [0.717, 1.165) is 39.0 Å². The van der Waals surface area contributed by atoms with Crippen LogP contribution in [0.2, 0.25) is 20.1 Å². The second-order valence-electron chi connectivity index (χ2n) is 9.49. The van der Waals surface area contributed by atoms with Crippen molar-refractivity contribution >= 4 is 57.9 Å². The summed E-state index contributed by atoms with van der Waals surface area (Å²) < 4.78 is 11.2. The van der Waals surface area contributed by atoms with Crippen LogP contribution in [0.5, 0.6) is 11.5 Å². The predicted octanol–water partition coefficient (Wildman–Crippen LogP) is 10.6. The molecule has 0 fully saturated rings. The minimum Gasteiger partial charge on any atom is -0.490 e. The molecule has 0 heterocycles. The lowest BCUT2D eigenvalue weighted by atomic mass is 9.94. The van der Waals surface area contributed by atoms with Gasteiger partial charge >= 0.3 is 5.97 Å². The number of carbonyl (C=O) groups is 1. The molecule has 0 saturated heterocycles. The Morgan fingerprint density at radius 1 is 0.605 bits per heavy atom. The Hall–Kier alpha value is -3.93. The highest BCUT2D eigenvalue weighted by molar-refractivity contribution is 6.36. The van der Waals surface area contributed by atoms with E-state index in [0.29, 0.717) is 31.6 Å². The topological polar surface area (TPSA) is 55.8 Å². The first-order valence-corrected chi connectivity index (χ1v) is 14.7. The van der Waals surface area contributed by atoms with Crippen molar-refractivity contribution in [3.8, 4) is 33.8 Å². The molecule has 0 aliphatic rings. The molecule has 0 radical (unpaired) electrons. The van der Waals surface area contributed by atoms with Crippen molar-refractivity contribution in [3.05, 3.63) is 146 Å². The summed E-state index contributed by atoms with van der Waals surface area (Å²) in [6, 6.07) is 33.8. The van der Waals surface area contributed by atoms with Crippen LogP contribution in [0.15, 0.2) is 115 Å². The van der Waals surface area contributed by atoms with E-state index in [1.165, 1.54) is 0 Å². The van der Waals surface area contributed by atoms with E-state index in [1.807, 2.05) is 66.7 Å². The zero-order valence-corrected chi connectivity index (χ0v) is 25.6. The van der Waals surface area contributed by atoms with E-state index >= 15 is 0 Å². The van der Waals surface area contributed by atoms with Crippen molar-refractivity contribution in [2.24, 2.45) is 0 Å². The molecule has 0 unspecified atom stereocenters. The summed E-state index contributed by atoms with van der Waals surface area (Å²) in [5.41, 5.74) is 6.54. The van der Waals surface area contributed by atoms with Crippen LogP contribution < -0.4 is 9.47 Å². The van der Waals surface area contributed by atoms with Crippen molar-refractivity contribution in [3.63, 3.8) is 0 Å². The largest absolute Gasteiger partial charge is 0.490 e. The number of halogens is 4. The number of rotatable bonds is 10. The summed E-state index contributed by atoms with van der Waals surface area (Å²) in [7, 11) is 0. The van der Waals surface area contributed by atoms with Crippen LogP contribution in [0.25, 0.3) is 27.8 Å². The van der Waals surface area contributed by atoms with Crippen LogP contribution in [0.4, 0.5) is 0 Å². The summed E-state index contributed by atoms with van der Waals surface area (Å²) >= 11 is 25.3. The monoisotopic (exact) mass is 648 g/mol. The molecule has 5 aromatic carbocycles. The van der Waals surface area contributed by atoms with Gasteiger partial charge < -0.3 is 14.6 Å². The number of hydrogen-bond acceptors (Lipinski definition) is 3. The van der Waals surface area contributed by atoms with E-state index in [1.54, 1.807) is 48.5 Å². The molecule has 0 aromatic heterocycles. The quantitative estimate of drug-likeness (QED) is 0.163. The van der Waals surface area contributed by atoms with Gasteiger partial charge in [0, 0.05) is 31.2 Å². The van der Waals surface area contributed by atoms with Gasteiger partial charge in [-0.15, -0.1) is 0 Å². The zero-order valence-electron chi connectivity index (χ0n) is 22.6. The maximum Gasteiger partial charge on any atom is 0.341 e. The molecule has 4 nitrogen and oxygen atoms in total. The van der Waals surface area contributed by atoms with E-state index in [9.17, 15) is 4.79 Å². The van der Waals surface area contributed by atoms with Crippen LogP contribution in [-0.2, 0) is 4.79 Å². The third-order valence-electron chi connectivity index (χ3n) is 6.59. The van der Waals surface area contributed by atoms with Gasteiger partial charge in [-0.3, -0.25) is 0 Å². The Morgan fingerprint density at radius 3 is 1.49 bits per heavy atom. The molecule has 0 amide bonds. The van der Waals surface area contributed by atoms with Crippen LogP contribution >= 0.6 is 46.4 Å². The SMILES string of the molecule is O=C(O)COc1ccc(OCC=C(c2ccc(-c3cc(Cl)ccc3Cl)cc2)c2ccc(-c3cc(Cl)ccc3Cl)cc2)cc1. The lowest BCUT2D eigenvalue weighted by Gasteiger charge is -2.13. The van der Waals surface area contributed by atoms with Crippen molar-refractivity contribution in [1.82, 2.24) is 0 Å². The van der Waals surface area contributed by atoms with Gasteiger partial charge in [0.25, 0.3) is 0 Å². The second-order valence-corrected chi connectivity index (χ2v) is 11.2. The maximum atomic E-state index is 10.7. The smallest absolute Gasteiger partial charge is 0.341 e. The zero-order chi connectivity index (χ0) is 30.3. The van der Waals surface area contributed by atoms with Gasteiger partial charge in [-0.1, -0.05) is 94.9 Å². The number of hydrogen-bond donors (Lipinski definition) is 1. The van der Waals surface area contributed by atoms with E-state index in [4.69, 9.17) is 61.0 Å². The van der Waals surface area contributed by atoms with Crippen molar-refractivity contribution in [2.45, 2.75) is 0 Å². The number of benzene rings is 5. The summed E-state index contributed by atoms with van der Waals surface area (Å²) in [6.45, 7) is -0.120. The van der Waals surface area contributed by atoms with E-state index in [-0.39, 0.29) is 6.61 Å². The molecule has 0 saturated carbocycles. The summed E-state index contributed by atoms with van der Waals surface area (Å²) in [6.07, 6.45) is 2.01. The minimum atomic E-state index is -1.04. The number of aliphatic carboxylic acids is 1. The van der Waals surface area contributed by atoms with Gasteiger partial charge in [-0.2, -0.15) is 0 Å². The number of carboxylic acid groups (broad SMARTS) is 1. The third-order valence-corrected chi connectivity index (χ3v) is 7.72. The van der Waals surface area contributed by atoms with Gasteiger partial charge in [0.1, 0.15) is 18.1 Å². The first kappa shape index (κ1) is 30.5. The normalized spacial score (nSPS) is 10.7. The van der Waals surface area contributed by atoms with E-state index in [2.05, 4.69) is 0 Å². The average molecular weight is 650 g/mol. The highest BCUT2D eigenvalue weighted by Gasteiger charge is 2.11. The molecule has 216 valence electrons. The molecule has 0 atom stereocenters. The van der Waals surface area contributed by atoms with Crippen LogP contribution in [0.3, 0.4) is 0 Å². The first-order valence-electron chi connectivity index (χ1n) is 13.2. The van der Waals surface area contributed by atoms with Gasteiger partial charge in [0.05, 0.1) is 0 Å². The van der Waals surface area contributed by atoms with Gasteiger partial charge in [-0.25, -0.2) is 4.79 Å². The standard InChI is InChI=1S/C35H24Cl4O4/c36-26-9-15-33(38)31(19-26)24-5-1-22(2-6-24)30(17-18-42-28-11-13-29(14-12-28)43-21-35(40)41)23-3-7-25(8-4-23)32-20-27(37)10-16-34(32)39/h1-17,19-20H,18,21H2,(H,40,41). The fourth-order valence-corrected chi connectivity index (χ4v) is 5.29. The molecular formula is C35H24Cl4O4. The Bertz CT molecular complexity index is 1670. The van der Waals surface area contributed by atoms with Crippen LogP contribution in [0.1, 0.15) is 11.1 Å². The molecular weight excluding hydrogens is 626 g/mol. The molecule has 5 aromatic rings. The fraction of sp³-hybridized carbons (Fsp3) is 0.0571. The Labute approximate surface area is 269 Å². The molecule has 0 spiro atoms. The van der Waals surface area contributed by atoms with Gasteiger partial charge in [-0.05, 0) is 94.6 Å². The lowest BCUT2D eigenvalue weighted by molar-refractivity contribution is -0.139. The first-order chi connectivity index (χ1) is 20.8. The molecule has 0 bridgehead atoms. The predicted molar refractivity (Wildman–Crippen MR) is 176 cm³/mol. The summed E-state index contributed by atoms with van der Waals surface area (Å²) in [4.78, 5) is 10.7. The van der Waals surface area contributed by atoms with E-state index < -0.39 is 12.6 Å². The molecule has 43 heavy (non-hydrogen) atoms. The Kier molecular flexibility index (Phi) is 9.96. The van der Waals surface area contributed by atoms with Crippen molar-refractivity contribution < 1.29 is 19.4 Å². The van der Waals surface area contributed by atoms with Crippen LogP contribution in [0, 0.1) is 0 Å². The maximum absolute atomic E-state index is 10.7. The molecule has 5 rings (SSSR count). The molecule has 0 aliphatic heterocycles. The molecule has 0 aliphatic carbocycles. The molecule has 1 N–H and O–H groups in total. The minimum absolute atomic E-state index is 0.286. The van der Waals surface area contributed by atoms with Crippen molar-refractivity contribution in [1.29, 1.82) is 0 Å². The Morgan fingerprint density at radius 2 is 1.05 bits per heavy atom. The van der Waals surface area contributed by atoms with Crippen LogP contribution in [-0.4, -0.2) is 24.3 Å². The summed E-state index contributed by atoms with van der Waals surface area (Å²) in [5.74, 6) is 0.0336. The Balaban J connectivity index is 1.43. The average Bonchev–Trinajstić information content (AvgIpc) is 3.01. The van der Waals surface area contributed by atoms with Gasteiger partial charge in [0.15, 0.2) is 6.61 Å². The van der Waals surface area contributed by atoms with Crippen molar-refractivity contribution in [2.75, 3.05) is 13.2 Å². The lowest BCUT2D eigenvalue weighted by Crippen LogP contribution is -2.09. The summed E-state index contributed by atoms with van der Waals surface area (Å²) in [5, 5.41) is 11.3. The highest BCUT2D eigenvalue weighted by Crippen LogP contribution is 2.35. The molecule has 8 heteroatoms. The highest BCUT2D eigenvalue weighted by atomic mass is 35.5. The second kappa shape index (κ2) is 14.0. The fourth-order valence-electron chi connectivity index (χ4n) is 4.50. The van der Waals surface area contributed by atoms with Gasteiger partial charge in [0.2, 0.25) is 0 Å². The number of ether oxygens (including phenoxy) is 2.